The molecule has 1 aromatic rings. The Morgan fingerprint density at radius 1 is 1.35 bits per heavy atom. The summed E-state index contributed by atoms with van der Waals surface area (Å²) in [4.78, 5) is 14.8. The molecule has 0 aliphatic carbocycles. The average molecular weight is 276 g/mol. The molecule has 0 atom stereocenters. The minimum atomic E-state index is 0.177. The van der Waals surface area contributed by atoms with Crippen LogP contribution >= 0.6 is 0 Å². The van der Waals surface area contributed by atoms with Crippen molar-refractivity contribution < 1.29 is 9.53 Å². The molecule has 0 bridgehead atoms. The van der Waals surface area contributed by atoms with Crippen LogP contribution in [0.4, 0.5) is 0 Å². The molecule has 4 heteroatoms. The monoisotopic (exact) mass is 276 g/mol. The van der Waals surface area contributed by atoms with Gasteiger partial charge in [-0.1, -0.05) is 13.0 Å². The fourth-order valence-electron chi connectivity index (χ4n) is 2.52. The highest BCUT2D eigenvalue weighted by Gasteiger charge is 2.15. The van der Waals surface area contributed by atoms with Crippen LogP contribution in [0.1, 0.15) is 29.3 Å². The van der Waals surface area contributed by atoms with Crippen LogP contribution in [0.15, 0.2) is 18.2 Å². The maximum absolute atomic E-state index is 12.4. The first-order valence-electron chi connectivity index (χ1n) is 7.37. The zero-order valence-corrected chi connectivity index (χ0v) is 12.4. The van der Waals surface area contributed by atoms with Gasteiger partial charge in [-0.15, -0.1) is 0 Å². The smallest absolute Gasteiger partial charge is 0.167 e. The Hall–Kier alpha value is -1.39. The van der Waals surface area contributed by atoms with Gasteiger partial charge in [0.05, 0.1) is 12.7 Å². The van der Waals surface area contributed by atoms with Gasteiger partial charge in [-0.3, -0.25) is 4.79 Å². The van der Waals surface area contributed by atoms with Crippen LogP contribution in [0.2, 0.25) is 0 Å². The minimum absolute atomic E-state index is 0.177. The predicted octanol–water partition coefficient (Wildman–Crippen LogP) is 1.74. The van der Waals surface area contributed by atoms with Gasteiger partial charge < -0.3 is 15.0 Å². The number of hydrogen-bond acceptors (Lipinski definition) is 4. The van der Waals surface area contributed by atoms with Crippen LogP contribution in [0, 0.1) is 0 Å². The number of nitrogens with one attached hydrogen (secondary N) is 1. The lowest BCUT2D eigenvalue weighted by atomic mass is 10.0. The number of hydrogen-bond donors (Lipinski definition) is 1. The van der Waals surface area contributed by atoms with Crippen LogP contribution in [-0.2, 0) is 6.42 Å². The summed E-state index contributed by atoms with van der Waals surface area (Å²) in [5.41, 5.74) is 1.90. The maximum atomic E-state index is 12.4. The van der Waals surface area contributed by atoms with Crippen LogP contribution in [0.3, 0.4) is 0 Å². The number of nitrogens with zero attached hydrogens (tertiary/aromatic N) is 1. The van der Waals surface area contributed by atoms with Gasteiger partial charge in [0.15, 0.2) is 5.78 Å². The third kappa shape index (κ3) is 3.81. The lowest BCUT2D eigenvalue weighted by Gasteiger charge is -2.26. The first-order valence-corrected chi connectivity index (χ1v) is 7.37. The van der Waals surface area contributed by atoms with Gasteiger partial charge in [0.2, 0.25) is 0 Å². The number of ketones is 1. The van der Waals surface area contributed by atoms with Crippen molar-refractivity contribution in [3.63, 3.8) is 0 Å². The maximum Gasteiger partial charge on any atom is 0.167 e. The second-order valence-corrected chi connectivity index (χ2v) is 5.15. The quantitative estimate of drug-likeness (QED) is 0.804. The van der Waals surface area contributed by atoms with Gasteiger partial charge in [0, 0.05) is 39.1 Å². The third-order valence-corrected chi connectivity index (χ3v) is 3.84. The van der Waals surface area contributed by atoms with Crippen LogP contribution in [-0.4, -0.2) is 50.5 Å². The zero-order chi connectivity index (χ0) is 14.4. The molecule has 2 rings (SSSR count). The number of carbonyl (C=O) groups is 1. The fourth-order valence-corrected chi connectivity index (χ4v) is 2.52. The average Bonchev–Trinajstić information content (AvgIpc) is 2.52. The number of methoxy groups -OCH3 is 1. The highest BCUT2D eigenvalue weighted by molar-refractivity contribution is 5.99. The van der Waals surface area contributed by atoms with Crippen molar-refractivity contribution in [3.8, 4) is 5.75 Å². The molecule has 110 valence electrons. The molecular weight excluding hydrogens is 252 g/mol. The lowest BCUT2D eigenvalue weighted by Crippen LogP contribution is -2.44. The molecule has 1 aliphatic heterocycles. The van der Waals surface area contributed by atoms with Crippen LogP contribution < -0.4 is 10.1 Å². The van der Waals surface area contributed by atoms with E-state index in [9.17, 15) is 4.79 Å². The Labute approximate surface area is 121 Å². The Morgan fingerprint density at radius 2 is 2.10 bits per heavy atom. The summed E-state index contributed by atoms with van der Waals surface area (Å²) in [6, 6.07) is 5.89. The van der Waals surface area contributed by atoms with E-state index in [2.05, 4.69) is 17.1 Å². The molecule has 0 unspecified atom stereocenters. The normalized spacial score (nSPS) is 16.1. The molecule has 1 heterocycles. The van der Waals surface area contributed by atoms with Crippen molar-refractivity contribution in [1.82, 2.24) is 10.2 Å². The molecule has 0 saturated carbocycles. The largest absolute Gasteiger partial charge is 0.496 e. The number of benzene rings is 1. The molecule has 1 aromatic carbocycles. The molecule has 1 fully saturated rings. The standard InChI is InChI=1S/C16H24N2O2/c1-3-13-4-5-16(20-2)14(12-13)15(19)6-9-18-10-7-17-8-11-18/h4-5,12,17H,3,6-11H2,1-2H3. The Morgan fingerprint density at radius 3 is 2.75 bits per heavy atom. The van der Waals surface area contributed by atoms with Crippen molar-refractivity contribution in [3.05, 3.63) is 29.3 Å². The number of piperazine rings is 1. The van der Waals surface area contributed by atoms with E-state index >= 15 is 0 Å². The van der Waals surface area contributed by atoms with E-state index in [1.807, 2.05) is 18.2 Å². The summed E-state index contributed by atoms with van der Waals surface area (Å²) in [6.07, 6.45) is 1.49. The van der Waals surface area contributed by atoms with E-state index in [1.54, 1.807) is 7.11 Å². The van der Waals surface area contributed by atoms with E-state index in [0.29, 0.717) is 12.2 Å². The molecule has 1 saturated heterocycles. The highest BCUT2D eigenvalue weighted by Crippen LogP contribution is 2.22. The number of aryl methyl sites for hydroxylation is 1. The SMILES string of the molecule is CCc1ccc(OC)c(C(=O)CCN2CCNCC2)c1. The summed E-state index contributed by atoms with van der Waals surface area (Å²) in [6.45, 7) is 7.02. The molecule has 0 spiro atoms. The first kappa shape index (κ1) is 15.0. The molecule has 1 N–H and O–H groups in total. The van der Waals surface area contributed by atoms with Crippen molar-refractivity contribution in [2.24, 2.45) is 0 Å². The lowest BCUT2D eigenvalue weighted by molar-refractivity contribution is 0.0957. The van der Waals surface area contributed by atoms with Gasteiger partial charge in [-0.05, 0) is 24.1 Å². The second kappa shape index (κ2) is 7.41. The summed E-state index contributed by atoms with van der Waals surface area (Å²) < 4.78 is 5.31. The Balaban J connectivity index is 2.00. The van der Waals surface area contributed by atoms with Gasteiger partial charge in [0.1, 0.15) is 5.75 Å². The van der Waals surface area contributed by atoms with E-state index in [-0.39, 0.29) is 5.78 Å². The molecule has 0 radical (unpaired) electrons. The van der Waals surface area contributed by atoms with Crippen molar-refractivity contribution in [2.75, 3.05) is 39.8 Å². The molecular formula is C16H24N2O2. The number of rotatable bonds is 6. The minimum Gasteiger partial charge on any atom is -0.496 e. The molecule has 0 aromatic heterocycles. The summed E-state index contributed by atoms with van der Waals surface area (Å²) >= 11 is 0. The van der Waals surface area contributed by atoms with Gasteiger partial charge >= 0.3 is 0 Å². The first-order chi connectivity index (χ1) is 9.74. The van der Waals surface area contributed by atoms with Crippen molar-refractivity contribution in [2.45, 2.75) is 19.8 Å². The van der Waals surface area contributed by atoms with Gasteiger partial charge in [0.25, 0.3) is 0 Å². The Kier molecular flexibility index (Phi) is 5.56. The summed E-state index contributed by atoms with van der Waals surface area (Å²) in [5.74, 6) is 0.864. The molecule has 20 heavy (non-hydrogen) atoms. The molecule has 0 amide bonds. The zero-order valence-electron chi connectivity index (χ0n) is 12.4. The Bertz CT molecular complexity index is 454. The van der Waals surface area contributed by atoms with E-state index < -0.39 is 0 Å². The van der Waals surface area contributed by atoms with E-state index in [0.717, 1.165) is 44.7 Å². The fraction of sp³-hybridized carbons (Fsp3) is 0.562. The van der Waals surface area contributed by atoms with Crippen LogP contribution in [0.25, 0.3) is 0 Å². The summed E-state index contributed by atoms with van der Waals surface area (Å²) in [7, 11) is 1.62. The van der Waals surface area contributed by atoms with Crippen molar-refractivity contribution in [1.29, 1.82) is 0 Å². The van der Waals surface area contributed by atoms with Gasteiger partial charge in [-0.25, -0.2) is 0 Å². The molecule has 1 aliphatic rings. The number of ether oxygens (including phenoxy) is 1. The van der Waals surface area contributed by atoms with Crippen molar-refractivity contribution >= 4 is 5.78 Å². The topological polar surface area (TPSA) is 41.6 Å². The predicted molar refractivity (Wildman–Crippen MR) is 80.6 cm³/mol. The highest BCUT2D eigenvalue weighted by atomic mass is 16.5. The summed E-state index contributed by atoms with van der Waals surface area (Å²) in [5, 5.41) is 3.32. The van der Waals surface area contributed by atoms with Crippen LogP contribution in [0.5, 0.6) is 5.75 Å². The number of Topliss-reactive ketones (excluding diaryl/α,β-unsaturated/α-hetero) is 1. The molecule has 4 nitrogen and oxygen atoms in total. The second-order valence-electron chi connectivity index (χ2n) is 5.15. The van der Waals surface area contributed by atoms with E-state index in [4.69, 9.17) is 4.74 Å². The third-order valence-electron chi connectivity index (χ3n) is 3.84. The number of carbonyl (C=O) groups excluding carboxylic acids is 1. The van der Waals surface area contributed by atoms with Gasteiger partial charge in [-0.2, -0.15) is 0 Å². The van der Waals surface area contributed by atoms with E-state index in [1.165, 1.54) is 5.56 Å².